The van der Waals surface area contributed by atoms with Crippen molar-refractivity contribution in [1.29, 1.82) is 0 Å². The molecule has 0 aliphatic heterocycles. The number of hydrogen-bond donors (Lipinski definition) is 0. The van der Waals surface area contributed by atoms with Crippen molar-refractivity contribution in [1.82, 2.24) is 0 Å². The van der Waals surface area contributed by atoms with Crippen molar-refractivity contribution >= 4 is 0 Å². The van der Waals surface area contributed by atoms with E-state index >= 15 is 0 Å². The van der Waals surface area contributed by atoms with Crippen molar-refractivity contribution in [3.63, 3.8) is 0 Å². The van der Waals surface area contributed by atoms with Crippen LogP contribution in [0.2, 0.25) is 0 Å². The van der Waals surface area contributed by atoms with E-state index in [0.29, 0.717) is 6.10 Å². The molecule has 0 aromatic heterocycles. The Kier molecular flexibility index (Phi) is 1.92. The number of ether oxygens (including phenoxy) is 1. The smallest absolute Gasteiger partial charge is 0.0630 e. The third kappa shape index (κ3) is 1.01. The van der Waals surface area contributed by atoms with Gasteiger partial charge >= 0.3 is 0 Å². The summed E-state index contributed by atoms with van der Waals surface area (Å²) in [5, 5.41) is 0. The molecule has 4 atom stereocenters. The Labute approximate surface area is 69.1 Å². The second-order valence-electron chi connectivity index (χ2n) is 4.11. The van der Waals surface area contributed by atoms with Crippen molar-refractivity contribution in [2.75, 3.05) is 7.11 Å². The number of rotatable bonds is 2. The molecule has 0 N–H and O–H groups in total. The molecule has 2 aliphatic carbocycles. The highest BCUT2D eigenvalue weighted by Gasteiger charge is 2.46. The van der Waals surface area contributed by atoms with E-state index in [1.807, 2.05) is 7.11 Å². The van der Waals surface area contributed by atoms with Gasteiger partial charge in [0.15, 0.2) is 0 Å². The van der Waals surface area contributed by atoms with Crippen molar-refractivity contribution in [3.05, 3.63) is 0 Å². The van der Waals surface area contributed by atoms with Gasteiger partial charge in [-0.15, -0.1) is 0 Å². The van der Waals surface area contributed by atoms with Crippen LogP contribution in [0, 0.1) is 17.8 Å². The summed E-state index contributed by atoms with van der Waals surface area (Å²) in [5.41, 5.74) is 0. The highest BCUT2D eigenvalue weighted by molar-refractivity contribution is 4.96. The monoisotopic (exact) mass is 154 g/mol. The summed E-state index contributed by atoms with van der Waals surface area (Å²) in [6.07, 6.45) is 6.29. The Morgan fingerprint density at radius 1 is 1.27 bits per heavy atom. The van der Waals surface area contributed by atoms with E-state index < -0.39 is 0 Å². The summed E-state index contributed by atoms with van der Waals surface area (Å²) in [7, 11) is 1.88. The third-order valence-corrected chi connectivity index (χ3v) is 3.75. The van der Waals surface area contributed by atoms with Crippen LogP contribution in [0.5, 0.6) is 0 Å². The van der Waals surface area contributed by atoms with E-state index in [9.17, 15) is 0 Å². The molecule has 0 spiro atoms. The second-order valence-corrected chi connectivity index (χ2v) is 4.11. The molecule has 0 aromatic rings. The fourth-order valence-corrected chi connectivity index (χ4v) is 3.29. The van der Waals surface area contributed by atoms with Gasteiger partial charge in [-0.2, -0.15) is 0 Å². The predicted octanol–water partition coefficient (Wildman–Crippen LogP) is 2.46. The Hall–Kier alpha value is -0.0400. The fourth-order valence-electron chi connectivity index (χ4n) is 3.29. The van der Waals surface area contributed by atoms with Crippen molar-refractivity contribution in [2.24, 2.45) is 17.8 Å². The molecule has 1 heteroatoms. The maximum atomic E-state index is 5.55. The van der Waals surface area contributed by atoms with Crippen molar-refractivity contribution in [3.8, 4) is 0 Å². The van der Waals surface area contributed by atoms with Gasteiger partial charge in [0, 0.05) is 7.11 Å². The topological polar surface area (TPSA) is 9.23 Å². The summed E-state index contributed by atoms with van der Waals surface area (Å²) in [6.45, 7) is 2.30. The van der Waals surface area contributed by atoms with Gasteiger partial charge in [0.2, 0.25) is 0 Å². The lowest BCUT2D eigenvalue weighted by Crippen LogP contribution is -2.28. The Morgan fingerprint density at radius 2 is 2.00 bits per heavy atom. The summed E-state index contributed by atoms with van der Waals surface area (Å²) in [5.74, 6) is 2.81. The van der Waals surface area contributed by atoms with Gasteiger partial charge < -0.3 is 4.74 Å². The zero-order valence-electron chi connectivity index (χ0n) is 7.55. The maximum absolute atomic E-state index is 5.55. The van der Waals surface area contributed by atoms with E-state index in [-0.39, 0.29) is 0 Å². The molecule has 0 heterocycles. The molecule has 1 nitrogen and oxygen atoms in total. The lowest BCUT2D eigenvalue weighted by molar-refractivity contribution is 0.0128. The maximum Gasteiger partial charge on any atom is 0.0630 e. The minimum atomic E-state index is 0.610. The average molecular weight is 154 g/mol. The molecular weight excluding hydrogens is 136 g/mol. The molecule has 2 aliphatic rings. The Morgan fingerprint density at radius 3 is 2.55 bits per heavy atom. The molecule has 2 bridgehead atoms. The first-order valence-corrected chi connectivity index (χ1v) is 4.89. The van der Waals surface area contributed by atoms with Crippen molar-refractivity contribution in [2.45, 2.75) is 38.7 Å². The van der Waals surface area contributed by atoms with E-state index in [4.69, 9.17) is 4.74 Å². The lowest BCUT2D eigenvalue weighted by Gasteiger charge is -2.28. The standard InChI is InChI=1S/C10H18O/c1-3-9-7-4-5-8(6-7)10(9)11-2/h7-10H,3-6H2,1-2H3. The molecule has 11 heavy (non-hydrogen) atoms. The number of methoxy groups -OCH3 is 1. The van der Waals surface area contributed by atoms with Crippen LogP contribution in [0.3, 0.4) is 0 Å². The largest absolute Gasteiger partial charge is 0.381 e. The molecule has 2 rings (SSSR count). The van der Waals surface area contributed by atoms with Crippen LogP contribution in [0.1, 0.15) is 32.6 Å². The lowest BCUT2D eigenvalue weighted by atomic mass is 9.84. The van der Waals surface area contributed by atoms with Crippen LogP contribution < -0.4 is 0 Å². The molecule has 2 saturated carbocycles. The molecular formula is C10H18O. The highest BCUT2D eigenvalue weighted by atomic mass is 16.5. The average Bonchev–Trinajstić information content (AvgIpc) is 2.60. The van der Waals surface area contributed by atoms with Crippen LogP contribution in [0.15, 0.2) is 0 Å². The van der Waals surface area contributed by atoms with Crippen molar-refractivity contribution < 1.29 is 4.74 Å². The summed E-state index contributed by atoms with van der Waals surface area (Å²) >= 11 is 0. The van der Waals surface area contributed by atoms with Gasteiger partial charge in [-0.3, -0.25) is 0 Å². The molecule has 64 valence electrons. The first kappa shape index (κ1) is 7.60. The zero-order chi connectivity index (χ0) is 7.84. The van der Waals surface area contributed by atoms with Crippen LogP contribution in [0.4, 0.5) is 0 Å². The highest BCUT2D eigenvalue weighted by Crippen LogP contribution is 2.50. The first-order valence-electron chi connectivity index (χ1n) is 4.89. The predicted molar refractivity (Wildman–Crippen MR) is 45.4 cm³/mol. The van der Waals surface area contributed by atoms with Crippen LogP contribution >= 0.6 is 0 Å². The van der Waals surface area contributed by atoms with Gasteiger partial charge in [0.05, 0.1) is 6.10 Å². The SMILES string of the molecule is CCC1C2CCC(C2)C1OC. The van der Waals surface area contributed by atoms with E-state index in [2.05, 4.69) is 6.92 Å². The summed E-state index contributed by atoms with van der Waals surface area (Å²) in [6, 6.07) is 0. The van der Waals surface area contributed by atoms with Gasteiger partial charge in [0.25, 0.3) is 0 Å². The third-order valence-electron chi connectivity index (χ3n) is 3.75. The van der Waals surface area contributed by atoms with E-state index in [1.54, 1.807) is 0 Å². The first-order chi connectivity index (χ1) is 5.36. The van der Waals surface area contributed by atoms with Crippen LogP contribution in [-0.2, 0) is 4.74 Å². The summed E-state index contributed by atoms with van der Waals surface area (Å²) in [4.78, 5) is 0. The zero-order valence-corrected chi connectivity index (χ0v) is 7.55. The molecule has 4 unspecified atom stereocenters. The van der Waals surface area contributed by atoms with Gasteiger partial charge in [-0.25, -0.2) is 0 Å². The summed E-state index contributed by atoms with van der Waals surface area (Å²) < 4.78 is 5.55. The fraction of sp³-hybridized carbons (Fsp3) is 1.00. The number of hydrogen-bond acceptors (Lipinski definition) is 1. The van der Waals surface area contributed by atoms with E-state index in [1.165, 1.54) is 25.7 Å². The minimum Gasteiger partial charge on any atom is -0.381 e. The quantitative estimate of drug-likeness (QED) is 0.593. The van der Waals surface area contributed by atoms with Gasteiger partial charge in [-0.1, -0.05) is 13.3 Å². The Balaban J connectivity index is 2.08. The van der Waals surface area contributed by atoms with Crippen LogP contribution in [0.25, 0.3) is 0 Å². The Bertz CT molecular complexity index is 128. The van der Waals surface area contributed by atoms with E-state index in [0.717, 1.165) is 17.8 Å². The van der Waals surface area contributed by atoms with Gasteiger partial charge in [-0.05, 0) is 37.0 Å². The second kappa shape index (κ2) is 2.78. The molecule has 0 aromatic carbocycles. The molecule has 0 amide bonds. The van der Waals surface area contributed by atoms with Crippen LogP contribution in [-0.4, -0.2) is 13.2 Å². The molecule has 0 radical (unpaired) electrons. The normalized spacial score (nSPS) is 48.5. The molecule has 0 saturated heterocycles. The molecule has 2 fully saturated rings. The minimum absolute atomic E-state index is 0.610. The van der Waals surface area contributed by atoms with Gasteiger partial charge in [0.1, 0.15) is 0 Å². The number of fused-ring (bicyclic) bond motifs is 2.